The fraction of sp³-hybridized carbons (Fsp3) is 0.235. The molecule has 19 heavy (non-hydrogen) atoms. The second kappa shape index (κ2) is 4.44. The molecule has 0 saturated carbocycles. The van der Waals surface area contributed by atoms with Crippen LogP contribution in [0.2, 0.25) is 0 Å². The second-order valence-electron chi connectivity index (χ2n) is 5.20. The zero-order chi connectivity index (χ0) is 13.3. The summed E-state index contributed by atoms with van der Waals surface area (Å²) in [6.07, 6.45) is 2.48. The second-order valence-corrected chi connectivity index (χ2v) is 5.20. The van der Waals surface area contributed by atoms with Crippen molar-refractivity contribution in [1.82, 2.24) is 0 Å². The number of benzene rings is 2. The summed E-state index contributed by atoms with van der Waals surface area (Å²) in [5, 5.41) is 19.2. The molecule has 2 nitrogen and oxygen atoms in total. The van der Waals surface area contributed by atoms with Gasteiger partial charge in [0.1, 0.15) is 5.75 Å². The Balaban J connectivity index is 2.01. The van der Waals surface area contributed by atoms with Crippen LogP contribution in [0.4, 0.5) is 0 Å². The van der Waals surface area contributed by atoms with Crippen molar-refractivity contribution >= 4 is 0 Å². The average molecular weight is 249 g/mol. The number of phenolic OH excluding ortho intramolecular Hbond substituents is 1. The first kappa shape index (κ1) is 11.8. The summed E-state index contributed by atoms with van der Waals surface area (Å²) in [5.41, 5.74) is 3.01. The zero-order valence-electron chi connectivity index (χ0n) is 10.6. The molecule has 0 spiro atoms. The Hall–Kier alpha value is -2.27. The summed E-state index contributed by atoms with van der Waals surface area (Å²) in [7, 11) is 0. The molecule has 0 amide bonds. The number of hydrogen-bond donors (Lipinski definition) is 1. The number of hydrogen-bond acceptors (Lipinski definition) is 2. The van der Waals surface area contributed by atoms with Gasteiger partial charge in [-0.2, -0.15) is 5.26 Å². The van der Waals surface area contributed by atoms with Crippen molar-refractivity contribution in [2.24, 2.45) is 0 Å². The number of nitrogens with zero attached hydrogens (tertiary/aromatic N) is 1. The van der Waals surface area contributed by atoms with Gasteiger partial charge in [-0.1, -0.05) is 36.4 Å². The first-order valence-electron chi connectivity index (χ1n) is 6.51. The molecule has 94 valence electrons. The normalized spacial score (nSPS) is 20.8. The molecular formula is C17H15NO. The number of aromatic hydroxyl groups is 1. The van der Waals surface area contributed by atoms with Gasteiger partial charge >= 0.3 is 0 Å². The third-order valence-electron chi connectivity index (χ3n) is 3.98. The van der Waals surface area contributed by atoms with Gasteiger partial charge in [-0.25, -0.2) is 0 Å². The largest absolute Gasteiger partial charge is 0.508 e. The molecule has 0 radical (unpaired) electrons. The van der Waals surface area contributed by atoms with Crippen LogP contribution in [0, 0.1) is 11.3 Å². The summed E-state index contributed by atoms with van der Waals surface area (Å²) < 4.78 is 0. The van der Waals surface area contributed by atoms with E-state index >= 15 is 0 Å². The topological polar surface area (TPSA) is 44.0 Å². The van der Waals surface area contributed by atoms with Crippen LogP contribution in [0.5, 0.6) is 5.75 Å². The van der Waals surface area contributed by atoms with E-state index in [1.807, 2.05) is 24.3 Å². The van der Waals surface area contributed by atoms with Gasteiger partial charge in [0.25, 0.3) is 0 Å². The Labute approximate surface area is 112 Å². The van der Waals surface area contributed by atoms with Crippen LogP contribution < -0.4 is 0 Å². The smallest absolute Gasteiger partial charge is 0.115 e. The zero-order valence-corrected chi connectivity index (χ0v) is 10.6. The molecule has 2 aromatic carbocycles. The highest BCUT2D eigenvalue weighted by Gasteiger charge is 2.38. The maximum atomic E-state index is 9.68. The van der Waals surface area contributed by atoms with Crippen LogP contribution in [0.3, 0.4) is 0 Å². The van der Waals surface area contributed by atoms with E-state index in [2.05, 4.69) is 18.2 Å². The minimum atomic E-state index is -0.440. The molecule has 0 saturated heterocycles. The summed E-state index contributed by atoms with van der Waals surface area (Å²) in [6.45, 7) is 0. The monoisotopic (exact) mass is 249 g/mol. The van der Waals surface area contributed by atoms with Crippen LogP contribution in [-0.4, -0.2) is 5.11 Å². The minimum Gasteiger partial charge on any atom is -0.508 e. The number of phenols is 1. The summed E-state index contributed by atoms with van der Waals surface area (Å²) >= 11 is 0. The summed E-state index contributed by atoms with van der Waals surface area (Å²) in [5.74, 6) is 0.261. The van der Waals surface area contributed by atoms with Crippen molar-refractivity contribution in [3.05, 3.63) is 65.2 Å². The molecule has 2 heteroatoms. The predicted molar refractivity (Wildman–Crippen MR) is 73.9 cm³/mol. The van der Waals surface area contributed by atoms with Crippen LogP contribution >= 0.6 is 0 Å². The fourth-order valence-electron chi connectivity index (χ4n) is 3.04. The van der Waals surface area contributed by atoms with Gasteiger partial charge in [-0.05, 0) is 48.1 Å². The van der Waals surface area contributed by atoms with E-state index in [0.29, 0.717) is 6.42 Å². The molecule has 0 bridgehead atoms. The summed E-state index contributed by atoms with van der Waals surface area (Å²) in [4.78, 5) is 0. The van der Waals surface area contributed by atoms with Gasteiger partial charge in [0, 0.05) is 0 Å². The molecule has 0 fully saturated rings. The highest BCUT2D eigenvalue weighted by Crippen LogP contribution is 2.41. The number of rotatable bonds is 2. The van der Waals surface area contributed by atoms with E-state index in [9.17, 15) is 10.4 Å². The Morgan fingerprint density at radius 1 is 1.16 bits per heavy atom. The number of fused-ring (bicyclic) bond motifs is 1. The van der Waals surface area contributed by atoms with Crippen LogP contribution in [0.25, 0.3) is 0 Å². The van der Waals surface area contributed by atoms with Crippen molar-refractivity contribution in [3.8, 4) is 11.8 Å². The van der Waals surface area contributed by atoms with E-state index in [0.717, 1.165) is 24.0 Å². The van der Waals surface area contributed by atoms with Crippen LogP contribution in [0.15, 0.2) is 48.5 Å². The van der Waals surface area contributed by atoms with Crippen molar-refractivity contribution in [1.29, 1.82) is 5.26 Å². The Bertz CT molecular complexity index is 656. The summed E-state index contributed by atoms with van der Waals surface area (Å²) in [6, 6.07) is 17.9. The lowest BCUT2D eigenvalue weighted by Crippen LogP contribution is -2.23. The van der Waals surface area contributed by atoms with Gasteiger partial charge < -0.3 is 5.11 Å². The van der Waals surface area contributed by atoms with Crippen molar-refractivity contribution in [2.45, 2.75) is 24.7 Å². The van der Waals surface area contributed by atoms with Crippen molar-refractivity contribution in [3.63, 3.8) is 0 Å². The third-order valence-corrected chi connectivity index (χ3v) is 3.98. The van der Waals surface area contributed by atoms with Crippen LogP contribution in [0.1, 0.15) is 23.1 Å². The SMILES string of the molecule is N#CC1(Cc2cccc(O)c2)CCc2ccccc21. The number of nitriles is 1. The van der Waals surface area contributed by atoms with Crippen LogP contribution in [-0.2, 0) is 18.3 Å². The lowest BCUT2D eigenvalue weighted by Gasteiger charge is -2.22. The first-order chi connectivity index (χ1) is 9.23. The molecule has 1 atom stereocenters. The minimum absolute atomic E-state index is 0.261. The highest BCUT2D eigenvalue weighted by atomic mass is 16.3. The lowest BCUT2D eigenvalue weighted by atomic mass is 9.78. The van der Waals surface area contributed by atoms with Gasteiger partial charge in [-0.3, -0.25) is 0 Å². The molecule has 1 aliphatic carbocycles. The molecule has 1 N–H and O–H groups in total. The average Bonchev–Trinajstić information content (AvgIpc) is 2.79. The van der Waals surface area contributed by atoms with Gasteiger partial charge in [0.15, 0.2) is 0 Å². The molecule has 1 aliphatic rings. The van der Waals surface area contributed by atoms with Gasteiger partial charge in [0.2, 0.25) is 0 Å². The van der Waals surface area contributed by atoms with E-state index < -0.39 is 5.41 Å². The Morgan fingerprint density at radius 3 is 2.79 bits per heavy atom. The quantitative estimate of drug-likeness (QED) is 0.887. The fourth-order valence-corrected chi connectivity index (χ4v) is 3.04. The first-order valence-corrected chi connectivity index (χ1v) is 6.51. The van der Waals surface area contributed by atoms with Crippen molar-refractivity contribution in [2.75, 3.05) is 0 Å². The van der Waals surface area contributed by atoms with E-state index in [-0.39, 0.29) is 5.75 Å². The predicted octanol–water partition coefficient (Wildman–Crippen LogP) is 3.34. The maximum absolute atomic E-state index is 9.68. The molecule has 2 aromatic rings. The molecular weight excluding hydrogens is 234 g/mol. The Morgan fingerprint density at radius 2 is 2.00 bits per heavy atom. The molecule has 3 rings (SSSR count). The molecule has 1 unspecified atom stereocenters. The standard InChI is InChI=1S/C17H15NO/c18-12-17(11-13-4-3-6-15(19)10-13)9-8-14-5-1-2-7-16(14)17/h1-7,10,19H,8-9,11H2. The molecule has 0 aromatic heterocycles. The van der Waals surface area contributed by atoms with E-state index in [4.69, 9.17) is 0 Å². The lowest BCUT2D eigenvalue weighted by molar-refractivity contribution is 0.472. The molecule has 0 aliphatic heterocycles. The van der Waals surface area contributed by atoms with Gasteiger partial charge in [-0.15, -0.1) is 0 Å². The van der Waals surface area contributed by atoms with E-state index in [1.165, 1.54) is 5.56 Å². The molecule has 0 heterocycles. The van der Waals surface area contributed by atoms with Crippen molar-refractivity contribution < 1.29 is 5.11 Å². The highest BCUT2D eigenvalue weighted by molar-refractivity contribution is 5.46. The third kappa shape index (κ3) is 1.98. The Kier molecular flexibility index (Phi) is 2.76. The van der Waals surface area contributed by atoms with E-state index in [1.54, 1.807) is 12.1 Å². The number of aryl methyl sites for hydroxylation is 1. The maximum Gasteiger partial charge on any atom is 0.115 e. The van der Waals surface area contributed by atoms with Gasteiger partial charge in [0.05, 0.1) is 11.5 Å².